The Morgan fingerprint density at radius 1 is 0.966 bits per heavy atom. The third-order valence-electron chi connectivity index (χ3n) is 5.47. The fraction of sp³-hybridized carbons (Fsp3) is 0.348. The zero-order chi connectivity index (χ0) is 20.2. The van der Waals surface area contributed by atoms with E-state index in [0.717, 1.165) is 48.4 Å². The van der Waals surface area contributed by atoms with Crippen LogP contribution in [0, 0.1) is 6.92 Å². The molecule has 0 unspecified atom stereocenters. The Hall–Kier alpha value is -3.15. The van der Waals surface area contributed by atoms with Gasteiger partial charge in [0.25, 0.3) is 5.56 Å². The number of amides is 1. The maximum absolute atomic E-state index is 12.8. The van der Waals surface area contributed by atoms with Crippen molar-refractivity contribution in [2.75, 3.05) is 23.3 Å². The summed E-state index contributed by atoms with van der Waals surface area (Å²) >= 11 is 0. The quantitative estimate of drug-likeness (QED) is 0.737. The van der Waals surface area contributed by atoms with Crippen LogP contribution >= 0.6 is 0 Å². The first kappa shape index (κ1) is 19.2. The first-order valence-electron chi connectivity index (χ1n) is 10.2. The Morgan fingerprint density at radius 3 is 2.38 bits per heavy atom. The third-order valence-corrected chi connectivity index (χ3v) is 5.47. The van der Waals surface area contributed by atoms with Gasteiger partial charge in [-0.15, -0.1) is 0 Å². The van der Waals surface area contributed by atoms with Gasteiger partial charge in [0.1, 0.15) is 6.54 Å². The maximum atomic E-state index is 12.8. The molecule has 0 radical (unpaired) electrons. The zero-order valence-electron chi connectivity index (χ0n) is 16.7. The molecule has 1 amide bonds. The van der Waals surface area contributed by atoms with Crippen molar-refractivity contribution in [1.82, 2.24) is 9.78 Å². The molecular weight excluding hydrogens is 364 g/mol. The molecule has 0 spiro atoms. The molecule has 1 aliphatic rings. The molecule has 150 valence electrons. The van der Waals surface area contributed by atoms with Gasteiger partial charge >= 0.3 is 0 Å². The number of aromatic nitrogens is 2. The molecule has 1 aliphatic heterocycles. The summed E-state index contributed by atoms with van der Waals surface area (Å²) in [7, 11) is 0. The Bertz CT molecular complexity index is 1080. The number of para-hydroxylation sites is 2. The highest BCUT2D eigenvalue weighted by Crippen LogP contribution is 2.28. The van der Waals surface area contributed by atoms with Crippen LogP contribution in [-0.2, 0) is 11.3 Å². The number of fused-ring (bicyclic) bond motifs is 1. The van der Waals surface area contributed by atoms with Crippen LogP contribution in [0.1, 0.15) is 31.4 Å². The number of nitrogens with zero attached hydrogens (tertiary/aromatic N) is 3. The van der Waals surface area contributed by atoms with Gasteiger partial charge in [-0.25, -0.2) is 4.68 Å². The number of aryl methyl sites for hydroxylation is 1. The SMILES string of the molecule is Cc1nn(CC(=O)Nc2ccccc2N2CCCCCC2)c(=O)c2ccccc12. The summed E-state index contributed by atoms with van der Waals surface area (Å²) in [5.41, 5.74) is 2.31. The summed E-state index contributed by atoms with van der Waals surface area (Å²) in [4.78, 5) is 27.8. The molecule has 6 nitrogen and oxygen atoms in total. The number of anilines is 2. The van der Waals surface area contributed by atoms with Gasteiger partial charge in [-0.3, -0.25) is 9.59 Å². The van der Waals surface area contributed by atoms with Crippen LogP contribution in [0.3, 0.4) is 0 Å². The number of carbonyl (C=O) groups excluding carboxylic acids is 1. The predicted molar refractivity (Wildman–Crippen MR) is 116 cm³/mol. The van der Waals surface area contributed by atoms with Crippen molar-refractivity contribution < 1.29 is 4.79 Å². The fourth-order valence-electron chi connectivity index (χ4n) is 4.00. The lowest BCUT2D eigenvalue weighted by Gasteiger charge is -2.25. The van der Waals surface area contributed by atoms with Gasteiger partial charge in [0.15, 0.2) is 0 Å². The molecular formula is C23H26N4O2. The van der Waals surface area contributed by atoms with Crippen LogP contribution in [0.4, 0.5) is 11.4 Å². The summed E-state index contributed by atoms with van der Waals surface area (Å²) < 4.78 is 1.25. The molecule has 0 atom stereocenters. The number of rotatable bonds is 4. The van der Waals surface area contributed by atoms with E-state index in [1.165, 1.54) is 17.5 Å². The topological polar surface area (TPSA) is 67.2 Å². The fourth-order valence-corrected chi connectivity index (χ4v) is 4.00. The lowest BCUT2D eigenvalue weighted by molar-refractivity contribution is -0.117. The van der Waals surface area contributed by atoms with Gasteiger partial charge in [0.2, 0.25) is 5.91 Å². The van der Waals surface area contributed by atoms with Crippen molar-refractivity contribution in [2.24, 2.45) is 0 Å². The molecule has 0 bridgehead atoms. The van der Waals surface area contributed by atoms with E-state index in [1.54, 1.807) is 6.07 Å². The van der Waals surface area contributed by atoms with E-state index < -0.39 is 0 Å². The number of nitrogens with one attached hydrogen (secondary N) is 1. The summed E-state index contributed by atoms with van der Waals surface area (Å²) in [6.45, 7) is 3.74. The Labute approximate surface area is 170 Å². The van der Waals surface area contributed by atoms with E-state index in [1.807, 2.05) is 49.4 Å². The van der Waals surface area contributed by atoms with Crippen LogP contribution in [0.2, 0.25) is 0 Å². The van der Waals surface area contributed by atoms with Gasteiger partial charge in [0.05, 0.1) is 22.5 Å². The molecule has 1 N–H and O–H groups in total. The Kier molecular flexibility index (Phi) is 5.60. The van der Waals surface area contributed by atoms with Crippen molar-refractivity contribution in [2.45, 2.75) is 39.2 Å². The molecule has 2 heterocycles. The van der Waals surface area contributed by atoms with Crippen molar-refractivity contribution in [1.29, 1.82) is 0 Å². The van der Waals surface area contributed by atoms with Crippen molar-refractivity contribution in [3.63, 3.8) is 0 Å². The smallest absolute Gasteiger partial charge is 0.275 e. The van der Waals surface area contributed by atoms with Gasteiger partial charge in [-0.1, -0.05) is 43.2 Å². The predicted octanol–water partition coefficient (Wildman–Crippen LogP) is 3.72. The second kappa shape index (κ2) is 8.47. The Balaban J connectivity index is 1.56. The first-order valence-corrected chi connectivity index (χ1v) is 10.2. The minimum Gasteiger partial charge on any atom is -0.370 e. The molecule has 1 saturated heterocycles. The minimum atomic E-state index is -0.253. The van der Waals surface area contributed by atoms with E-state index in [2.05, 4.69) is 15.3 Å². The number of carbonyl (C=O) groups is 1. The average molecular weight is 390 g/mol. The second-order valence-corrected chi connectivity index (χ2v) is 7.56. The molecule has 0 aliphatic carbocycles. The van der Waals surface area contributed by atoms with Gasteiger partial charge in [0, 0.05) is 18.5 Å². The lowest BCUT2D eigenvalue weighted by atomic mass is 10.1. The number of benzene rings is 2. The zero-order valence-corrected chi connectivity index (χ0v) is 16.7. The van der Waals surface area contributed by atoms with Crippen molar-refractivity contribution >= 4 is 28.1 Å². The van der Waals surface area contributed by atoms with E-state index in [4.69, 9.17) is 0 Å². The van der Waals surface area contributed by atoms with E-state index in [9.17, 15) is 9.59 Å². The van der Waals surface area contributed by atoms with Crippen LogP contribution in [0.25, 0.3) is 10.8 Å². The molecule has 1 aromatic heterocycles. The maximum Gasteiger partial charge on any atom is 0.275 e. The second-order valence-electron chi connectivity index (χ2n) is 7.56. The van der Waals surface area contributed by atoms with Gasteiger partial charge in [-0.2, -0.15) is 5.10 Å². The van der Waals surface area contributed by atoms with Crippen LogP contribution in [0.15, 0.2) is 53.3 Å². The van der Waals surface area contributed by atoms with E-state index >= 15 is 0 Å². The highest BCUT2D eigenvalue weighted by molar-refractivity contribution is 5.94. The largest absolute Gasteiger partial charge is 0.370 e. The third kappa shape index (κ3) is 4.16. The monoisotopic (exact) mass is 390 g/mol. The molecule has 3 aromatic rings. The van der Waals surface area contributed by atoms with Crippen LogP contribution in [0.5, 0.6) is 0 Å². The molecule has 4 rings (SSSR count). The lowest BCUT2D eigenvalue weighted by Crippen LogP contribution is -2.31. The molecule has 29 heavy (non-hydrogen) atoms. The molecule has 2 aromatic carbocycles. The van der Waals surface area contributed by atoms with Gasteiger partial charge < -0.3 is 10.2 Å². The molecule has 1 fully saturated rings. The minimum absolute atomic E-state index is 0.112. The van der Waals surface area contributed by atoms with Gasteiger partial charge in [-0.05, 0) is 38.0 Å². The summed E-state index contributed by atoms with van der Waals surface area (Å²) in [6, 6.07) is 15.2. The summed E-state index contributed by atoms with van der Waals surface area (Å²) in [5.74, 6) is -0.253. The van der Waals surface area contributed by atoms with Crippen LogP contribution < -0.4 is 15.8 Å². The van der Waals surface area contributed by atoms with Crippen molar-refractivity contribution in [3.05, 3.63) is 64.6 Å². The molecule has 0 saturated carbocycles. The van der Waals surface area contributed by atoms with Crippen LogP contribution in [-0.4, -0.2) is 28.8 Å². The molecule has 6 heteroatoms. The Morgan fingerprint density at radius 2 is 1.62 bits per heavy atom. The van der Waals surface area contributed by atoms with E-state index in [0.29, 0.717) is 5.39 Å². The normalized spacial score (nSPS) is 14.6. The summed E-state index contributed by atoms with van der Waals surface area (Å²) in [6.07, 6.45) is 4.83. The number of hydrogen-bond donors (Lipinski definition) is 1. The first-order chi connectivity index (χ1) is 14.1. The number of hydrogen-bond acceptors (Lipinski definition) is 4. The van der Waals surface area contributed by atoms with Crippen molar-refractivity contribution in [3.8, 4) is 0 Å². The highest BCUT2D eigenvalue weighted by Gasteiger charge is 2.16. The summed E-state index contributed by atoms with van der Waals surface area (Å²) in [5, 5.41) is 8.73. The highest BCUT2D eigenvalue weighted by atomic mass is 16.2. The van der Waals surface area contributed by atoms with E-state index in [-0.39, 0.29) is 18.0 Å². The standard InChI is InChI=1S/C23H26N4O2/c1-17-18-10-4-5-11-19(18)23(29)27(25-17)16-22(28)24-20-12-6-7-13-21(20)26-14-8-2-3-9-15-26/h4-7,10-13H,2-3,8-9,14-16H2,1H3,(H,24,28). The average Bonchev–Trinajstić information content (AvgIpc) is 3.02.